The third-order valence-electron chi connectivity index (χ3n) is 7.20. The second-order valence-corrected chi connectivity index (χ2v) is 9.67. The van der Waals surface area contributed by atoms with Gasteiger partial charge in [-0.05, 0) is 65.1 Å². The van der Waals surface area contributed by atoms with Gasteiger partial charge < -0.3 is 14.2 Å². The molecule has 0 fully saturated rings. The van der Waals surface area contributed by atoms with Gasteiger partial charge in [-0.3, -0.25) is 4.79 Å². The van der Waals surface area contributed by atoms with Crippen molar-refractivity contribution >= 4 is 5.91 Å². The molecule has 0 N–H and O–H groups in total. The van der Waals surface area contributed by atoms with E-state index in [0.29, 0.717) is 18.7 Å². The van der Waals surface area contributed by atoms with Crippen LogP contribution in [-0.2, 0) is 13.2 Å². The van der Waals surface area contributed by atoms with E-state index in [2.05, 4.69) is 59.3 Å². The lowest BCUT2D eigenvalue weighted by Gasteiger charge is -2.31. The number of amides is 1. The summed E-state index contributed by atoms with van der Waals surface area (Å²) in [7, 11) is 0. The van der Waals surface area contributed by atoms with Crippen molar-refractivity contribution in [2.75, 3.05) is 6.54 Å². The van der Waals surface area contributed by atoms with Gasteiger partial charge in [0.05, 0.1) is 6.04 Å². The van der Waals surface area contributed by atoms with Gasteiger partial charge in [0.2, 0.25) is 0 Å². The number of hydrogen-bond acceptors (Lipinski definition) is 2. The molecule has 2 heterocycles. The molecule has 1 atom stereocenters. The lowest BCUT2D eigenvalue weighted by molar-refractivity contribution is 0.0709. The van der Waals surface area contributed by atoms with Crippen molar-refractivity contribution in [1.82, 2.24) is 9.47 Å². The summed E-state index contributed by atoms with van der Waals surface area (Å²) in [4.78, 5) is 16.0. The molecule has 0 saturated carbocycles. The van der Waals surface area contributed by atoms with Gasteiger partial charge in [-0.25, -0.2) is 0 Å². The van der Waals surface area contributed by atoms with Crippen LogP contribution in [0.25, 0.3) is 11.1 Å². The van der Waals surface area contributed by atoms with Crippen molar-refractivity contribution in [2.24, 2.45) is 0 Å². The number of rotatable bonds is 6. The summed E-state index contributed by atoms with van der Waals surface area (Å²) in [6, 6.07) is 40.6. The SMILES string of the molecule is O=C(c1ccc(-c2ccccc2)cc1)N1CCCn2cccc2C1c1ccc(OCc2ccccc2)cc1. The van der Waals surface area contributed by atoms with Crippen molar-refractivity contribution in [1.29, 1.82) is 0 Å². The quantitative estimate of drug-likeness (QED) is 0.245. The van der Waals surface area contributed by atoms with Crippen molar-refractivity contribution < 1.29 is 9.53 Å². The average Bonchev–Trinajstić information content (AvgIpc) is 3.37. The van der Waals surface area contributed by atoms with Gasteiger partial charge in [-0.1, -0.05) is 84.9 Å². The Morgan fingerprint density at radius 2 is 1.39 bits per heavy atom. The molecule has 38 heavy (non-hydrogen) atoms. The summed E-state index contributed by atoms with van der Waals surface area (Å²) in [5, 5.41) is 0. The van der Waals surface area contributed by atoms with Gasteiger partial charge in [0.15, 0.2) is 0 Å². The Kier molecular flexibility index (Phi) is 6.77. The highest BCUT2D eigenvalue weighted by molar-refractivity contribution is 5.95. The lowest BCUT2D eigenvalue weighted by Crippen LogP contribution is -2.35. The fourth-order valence-electron chi connectivity index (χ4n) is 5.24. The minimum absolute atomic E-state index is 0.0497. The van der Waals surface area contributed by atoms with E-state index in [1.54, 1.807) is 0 Å². The van der Waals surface area contributed by atoms with Crippen LogP contribution < -0.4 is 4.74 Å². The smallest absolute Gasteiger partial charge is 0.254 e. The number of ether oxygens (including phenoxy) is 1. The molecule has 0 aliphatic carbocycles. The summed E-state index contributed by atoms with van der Waals surface area (Å²) < 4.78 is 8.29. The number of benzene rings is 4. The summed E-state index contributed by atoms with van der Waals surface area (Å²) >= 11 is 0. The highest BCUT2D eigenvalue weighted by Crippen LogP contribution is 2.34. The first-order chi connectivity index (χ1) is 18.8. The monoisotopic (exact) mass is 498 g/mol. The summed E-state index contributed by atoms with van der Waals surface area (Å²) in [6.45, 7) is 2.11. The zero-order chi connectivity index (χ0) is 25.7. The Hall–Kier alpha value is -4.57. The maximum atomic E-state index is 13.9. The van der Waals surface area contributed by atoms with E-state index in [0.717, 1.165) is 46.7 Å². The number of hydrogen-bond donors (Lipinski definition) is 0. The van der Waals surface area contributed by atoms with E-state index >= 15 is 0 Å². The maximum Gasteiger partial charge on any atom is 0.254 e. The standard InChI is InChI=1S/C34H30N2O2/c37-34(30-16-14-28(15-17-30)27-11-5-2-6-12-27)36-24-8-23-35-22-7-13-32(35)33(36)29-18-20-31(21-19-29)38-25-26-9-3-1-4-10-26/h1-7,9-22,33H,8,23-25H2. The Morgan fingerprint density at radius 3 is 2.13 bits per heavy atom. The van der Waals surface area contributed by atoms with E-state index in [1.807, 2.05) is 77.7 Å². The van der Waals surface area contributed by atoms with Gasteiger partial charge in [0.25, 0.3) is 5.91 Å². The fourth-order valence-corrected chi connectivity index (χ4v) is 5.24. The number of carbonyl (C=O) groups is 1. The second kappa shape index (κ2) is 10.8. The fraction of sp³-hybridized carbons (Fsp3) is 0.147. The van der Waals surface area contributed by atoms with Crippen LogP contribution in [0.5, 0.6) is 5.75 Å². The topological polar surface area (TPSA) is 34.5 Å². The average molecular weight is 499 g/mol. The number of fused-ring (bicyclic) bond motifs is 1. The number of aromatic nitrogens is 1. The first-order valence-electron chi connectivity index (χ1n) is 13.1. The van der Waals surface area contributed by atoms with Gasteiger partial charge in [-0.15, -0.1) is 0 Å². The molecular weight excluding hydrogens is 468 g/mol. The molecule has 1 amide bonds. The highest BCUT2D eigenvalue weighted by Gasteiger charge is 2.31. The maximum absolute atomic E-state index is 13.9. The van der Waals surface area contributed by atoms with Crippen molar-refractivity contribution in [3.63, 3.8) is 0 Å². The first kappa shape index (κ1) is 23.8. The summed E-state index contributed by atoms with van der Waals surface area (Å²) in [6.07, 6.45) is 3.02. The van der Waals surface area contributed by atoms with Crippen LogP contribution >= 0.6 is 0 Å². The largest absolute Gasteiger partial charge is 0.489 e. The molecule has 1 aliphatic rings. The third-order valence-corrected chi connectivity index (χ3v) is 7.20. The Bertz CT molecular complexity index is 1490. The predicted octanol–water partition coefficient (Wildman–Crippen LogP) is 7.37. The van der Waals surface area contributed by atoms with E-state index in [1.165, 1.54) is 0 Å². The molecule has 188 valence electrons. The van der Waals surface area contributed by atoms with Gasteiger partial charge >= 0.3 is 0 Å². The van der Waals surface area contributed by atoms with Crippen molar-refractivity contribution in [2.45, 2.75) is 25.6 Å². The Morgan fingerprint density at radius 1 is 0.711 bits per heavy atom. The zero-order valence-electron chi connectivity index (χ0n) is 21.2. The Balaban J connectivity index is 1.27. The number of carbonyl (C=O) groups excluding carboxylic acids is 1. The van der Waals surface area contributed by atoms with E-state index < -0.39 is 0 Å². The van der Waals surface area contributed by atoms with Crippen LogP contribution in [0.3, 0.4) is 0 Å². The molecule has 1 aliphatic heterocycles. The van der Waals surface area contributed by atoms with E-state index in [-0.39, 0.29) is 11.9 Å². The minimum Gasteiger partial charge on any atom is -0.489 e. The van der Waals surface area contributed by atoms with Gasteiger partial charge in [0.1, 0.15) is 12.4 Å². The number of nitrogens with zero attached hydrogens (tertiary/aromatic N) is 2. The molecule has 5 aromatic rings. The van der Waals surface area contributed by atoms with Crippen LogP contribution in [0.1, 0.15) is 39.6 Å². The van der Waals surface area contributed by atoms with E-state index in [9.17, 15) is 4.79 Å². The molecule has 0 saturated heterocycles. The number of aryl methyl sites for hydroxylation is 1. The zero-order valence-corrected chi connectivity index (χ0v) is 21.2. The normalized spacial score (nSPS) is 14.9. The summed E-state index contributed by atoms with van der Waals surface area (Å²) in [5.74, 6) is 0.865. The molecule has 0 bridgehead atoms. The summed E-state index contributed by atoms with van der Waals surface area (Å²) in [5.41, 5.74) is 6.30. The molecule has 1 unspecified atom stereocenters. The van der Waals surface area contributed by atoms with Crippen LogP contribution in [-0.4, -0.2) is 21.9 Å². The molecule has 4 aromatic carbocycles. The molecule has 0 radical (unpaired) electrons. The molecule has 4 heteroatoms. The van der Waals surface area contributed by atoms with Crippen molar-refractivity contribution in [3.8, 4) is 16.9 Å². The van der Waals surface area contributed by atoms with Crippen LogP contribution in [0, 0.1) is 0 Å². The lowest BCUT2D eigenvalue weighted by atomic mass is 9.99. The molecule has 6 rings (SSSR count). The third kappa shape index (κ3) is 4.98. The van der Waals surface area contributed by atoms with Crippen LogP contribution in [0.4, 0.5) is 0 Å². The first-order valence-corrected chi connectivity index (χ1v) is 13.1. The molecule has 0 spiro atoms. The molecular formula is C34H30N2O2. The van der Waals surface area contributed by atoms with Crippen molar-refractivity contribution in [3.05, 3.63) is 150 Å². The molecule has 4 nitrogen and oxygen atoms in total. The highest BCUT2D eigenvalue weighted by atomic mass is 16.5. The van der Waals surface area contributed by atoms with Gasteiger partial charge in [-0.2, -0.15) is 0 Å². The van der Waals surface area contributed by atoms with Crippen LogP contribution in [0.2, 0.25) is 0 Å². The van der Waals surface area contributed by atoms with E-state index in [4.69, 9.17) is 4.74 Å². The predicted molar refractivity (Wildman–Crippen MR) is 151 cm³/mol. The molecule has 1 aromatic heterocycles. The van der Waals surface area contributed by atoms with Gasteiger partial charge in [0, 0.05) is 30.5 Å². The van der Waals surface area contributed by atoms with Crippen LogP contribution in [0.15, 0.2) is 128 Å². The Labute approximate surface area is 223 Å². The second-order valence-electron chi connectivity index (χ2n) is 9.67. The minimum atomic E-state index is -0.169.